The number of nitrogens with two attached hydrogens (primary N) is 1. The maximum absolute atomic E-state index is 14.6. The number of carbonyl (C=O) groups excluding carboxylic acids is 1. The van der Waals surface area contributed by atoms with Crippen LogP contribution in [-0.4, -0.2) is 44.1 Å². The Labute approximate surface area is 230 Å². The number of aromatic nitrogens is 4. The molecule has 0 saturated carbocycles. The number of nitrogens with one attached hydrogen (secondary N) is 1. The van der Waals surface area contributed by atoms with Crippen LogP contribution < -0.4 is 11.4 Å². The van der Waals surface area contributed by atoms with Crippen LogP contribution in [0.3, 0.4) is 0 Å². The topological polar surface area (TPSA) is 119 Å². The van der Waals surface area contributed by atoms with Crippen molar-refractivity contribution in [1.29, 1.82) is 0 Å². The molecule has 1 aliphatic rings. The minimum absolute atomic E-state index is 0.150. The molecule has 9 nitrogen and oxygen atoms in total. The van der Waals surface area contributed by atoms with E-state index in [1.54, 1.807) is 42.1 Å². The van der Waals surface area contributed by atoms with Crippen LogP contribution in [0.15, 0.2) is 53.5 Å². The average Bonchev–Trinajstić information content (AvgIpc) is 3.17. The van der Waals surface area contributed by atoms with Crippen molar-refractivity contribution in [3.63, 3.8) is 0 Å². The molecule has 210 valence electrons. The van der Waals surface area contributed by atoms with Gasteiger partial charge in [0.05, 0.1) is 11.2 Å². The lowest BCUT2D eigenvalue weighted by atomic mass is 9.90. The Bertz CT molecular complexity index is 1590. The number of fused-ring (bicyclic) bond motifs is 2. The van der Waals surface area contributed by atoms with Crippen molar-refractivity contribution < 1.29 is 18.3 Å². The number of rotatable bonds is 7. The van der Waals surface area contributed by atoms with Crippen LogP contribution in [-0.2, 0) is 11.2 Å². The van der Waals surface area contributed by atoms with E-state index in [1.807, 2.05) is 13.0 Å². The molecule has 3 N–H and O–H groups in total. The Hall–Kier alpha value is -4.28. The zero-order valence-corrected chi connectivity index (χ0v) is 22.4. The number of hydrogen-bond donors (Lipinski definition) is 2. The molecule has 3 aromatic heterocycles. The first kappa shape index (κ1) is 27.3. The molecule has 3 heterocycles. The fourth-order valence-corrected chi connectivity index (χ4v) is 5.53. The van der Waals surface area contributed by atoms with E-state index < -0.39 is 23.8 Å². The Kier molecular flexibility index (Phi) is 7.81. The third-order valence-corrected chi connectivity index (χ3v) is 7.68. The van der Waals surface area contributed by atoms with Gasteiger partial charge in [0.15, 0.2) is 17.3 Å². The fraction of sp³-hybridized carbons (Fsp3) is 0.379. The number of nitrogen functional groups attached to an aromatic ring is 1. The molecule has 40 heavy (non-hydrogen) atoms. The van der Waals surface area contributed by atoms with Crippen LogP contribution >= 0.6 is 0 Å². The van der Waals surface area contributed by atoms with Crippen molar-refractivity contribution in [2.75, 3.05) is 19.3 Å². The summed E-state index contributed by atoms with van der Waals surface area (Å²) in [6.45, 7) is 2.33. The van der Waals surface area contributed by atoms with Crippen LogP contribution in [0.25, 0.3) is 11.2 Å². The van der Waals surface area contributed by atoms with Gasteiger partial charge in [-0.2, -0.15) is 0 Å². The maximum atomic E-state index is 14.6. The number of carbonyl (C=O) groups is 1. The first-order valence-corrected chi connectivity index (χ1v) is 13.4. The van der Waals surface area contributed by atoms with Crippen molar-refractivity contribution >= 4 is 23.1 Å². The Morgan fingerprint density at radius 1 is 1.23 bits per heavy atom. The lowest BCUT2D eigenvalue weighted by Crippen LogP contribution is -2.32. The monoisotopic (exact) mass is 550 g/mol. The highest BCUT2D eigenvalue weighted by Gasteiger charge is 2.31. The number of nitrogens with zero attached hydrogens (tertiary/aromatic N) is 4. The van der Waals surface area contributed by atoms with Gasteiger partial charge in [0.25, 0.3) is 0 Å². The van der Waals surface area contributed by atoms with E-state index >= 15 is 0 Å². The van der Waals surface area contributed by atoms with Gasteiger partial charge in [0.1, 0.15) is 11.9 Å². The van der Waals surface area contributed by atoms with E-state index in [4.69, 9.17) is 10.5 Å². The number of hydrogen-bond acceptors (Lipinski definition) is 6. The van der Waals surface area contributed by atoms with Crippen molar-refractivity contribution in [1.82, 2.24) is 24.4 Å². The number of halogens is 2. The first-order chi connectivity index (χ1) is 19.3. The second kappa shape index (κ2) is 11.4. The van der Waals surface area contributed by atoms with Gasteiger partial charge in [0.2, 0.25) is 0 Å². The molecule has 3 atom stereocenters. The van der Waals surface area contributed by atoms with Gasteiger partial charge >= 0.3 is 11.8 Å². The summed E-state index contributed by atoms with van der Waals surface area (Å²) in [6, 6.07) is 11.1. The third kappa shape index (κ3) is 5.41. The number of amides is 1. The molecular weight excluding hydrogens is 518 g/mol. The van der Waals surface area contributed by atoms with E-state index in [2.05, 4.69) is 15.0 Å². The predicted molar refractivity (Wildman–Crippen MR) is 147 cm³/mol. The minimum Gasteiger partial charge on any atom is -0.440 e. The number of ether oxygens (including phenoxy) is 1. The summed E-state index contributed by atoms with van der Waals surface area (Å²) in [4.78, 5) is 38.7. The summed E-state index contributed by atoms with van der Waals surface area (Å²) in [6.07, 6.45) is 2.85. The van der Waals surface area contributed by atoms with E-state index in [0.29, 0.717) is 61.1 Å². The Balaban J connectivity index is 1.30. The summed E-state index contributed by atoms with van der Waals surface area (Å²) in [5, 5.41) is 0. The van der Waals surface area contributed by atoms with Crippen LogP contribution in [0.1, 0.15) is 67.5 Å². The van der Waals surface area contributed by atoms with E-state index in [0.717, 1.165) is 11.6 Å². The largest absolute Gasteiger partial charge is 0.440 e. The highest BCUT2D eigenvalue weighted by Crippen LogP contribution is 2.39. The molecule has 0 radical (unpaired) electrons. The van der Waals surface area contributed by atoms with E-state index in [-0.39, 0.29) is 23.5 Å². The van der Waals surface area contributed by atoms with E-state index in [9.17, 15) is 18.4 Å². The number of aromatic amines is 1. The summed E-state index contributed by atoms with van der Waals surface area (Å²) < 4.78 is 36.2. The molecule has 1 aliphatic carbocycles. The summed E-state index contributed by atoms with van der Waals surface area (Å²) >= 11 is 0. The predicted octanol–water partition coefficient (Wildman–Crippen LogP) is 5.25. The van der Waals surface area contributed by atoms with Crippen molar-refractivity contribution in [3.8, 4) is 0 Å². The summed E-state index contributed by atoms with van der Waals surface area (Å²) in [5.41, 5.74) is 8.56. The maximum Gasteiger partial charge on any atom is 0.410 e. The molecule has 0 fully saturated rings. The SMILES string of the molecule is CCC(CCN(C)C(=O)O[C@@H]1CC[C@@H](c2cccc(F)c2F)Cc2ccc(N)nc21)n1c(=O)[nH]c2ncccc21. The van der Waals surface area contributed by atoms with Crippen LogP contribution in [0, 0.1) is 11.6 Å². The van der Waals surface area contributed by atoms with Gasteiger partial charge in [-0.15, -0.1) is 0 Å². The van der Waals surface area contributed by atoms with Crippen LogP contribution in [0.4, 0.5) is 19.4 Å². The van der Waals surface area contributed by atoms with Crippen LogP contribution in [0.2, 0.25) is 0 Å². The standard InChI is InChI=1S/C29H32F2N6O3/c1-3-19(37-22-8-5-14-33-27(22)35-28(37)38)13-15-36(2)29(39)40-23-11-9-17(20-6-4-7-21(30)25(20)31)16-18-10-12-24(32)34-26(18)23/h4-8,10,12,14,17,19,23H,3,9,11,13,15-16H2,1-2H3,(H2,32,34)(H,33,35,38)/t17-,19?,23-/m1/s1. The molecule has 5 rings (SSSR count). The number of imidazole rings is 1. The molecule has 0 aliphatic heterocycles. The molecule has 1 unspecified atom stereocenters. The van der Waals surface area contributed by atoms with Gasteiger partial charge < -0.3 is 15.4 Å². The highest BCUT2D eigenvalue weighted by molar-refractivity contribution is 5.70. The molecule has 0 bridgehead atoms. The van der Waals surface area contributed by atoms with Crippen molar-refractivity contribution in [2.24, 2.45) is 0 Å². The molecule has 0 spiro atoms. The van der Waals surface area contributed by atoms with Crippen LogP contribution in [0.5, 0.6) is 0 Å². The number of benzene rings is 1. The molecular formula is C29H32F2N6O3. The molecule has 4 aromatic rings. The number of pyridine rings is 2. The average molecular weight is 551 g/mol. The molecule has 11 heteroatoms. The summed E-state index contributed by atoms with van der Waals surface area (Å²) in [5.74, 6) is -1.77. The van der Waals surface area contributed by atoms with Crippen molar-refractivity contribution in [3.05, 3.63) is 87.6 Å². The first-order valence-electron chi connectivity index (χ1n) is 13.4. The highest BCUT2D eigenvalue weighted by atomic mass is 19.2. The minimum atomic E-state index is -0.890. The molecule has 1 amide bonds. The zero-order chi connectivity index (χ0) is 28.4. The molecule has 1 aromatic carbocycles. The third-order valence-electron chi connectivity index (χ3n) is 7.68. The number of H-pyrrole nitrogens is 1. The van der Waals surface area contributed by atoms with Gasteiger partial charge in [-0.05, 0) is 73.4 Å². The lowest BCUT2D eigenvalue weighted by Gasteiger charge is -2.24. The Morgan fingerprint density at radius 3 is 2.85 bits per heavy atom. The van der Waals surface area contributed by atoms with Crippen molar-refractivity contribution in [2.45, 2.75) is 57.1 Å². The van der Waals surface area contributed by atoms with E-state index in [1.165, 1.54) is 11.0 Å². The number of anilines is 1. The van der Waals surface area contributed by atoms with Gasteiger partial charge in [-0.25, -0.2) is 28.3 Å². The summed E-state index contributed by atoms with van der Waals surface area (Å²) in [7, 11) is 1.64. The normalized spacial score (nSPS) is 17.7. The van der Waals surface area contributed by atoms with Gasteiger partial charge in [0, 0.05) is 25.8 Å². The van der Waals surface area contributed by atoms with Gasteiger partial charge in [-0.3, -0.25) is 9.55 Å². The fourth-order valence-electron chi connectivity index (χ4n) is 5.53. The quantitative estimate of drug-likeness (QED) is 0.303. The Morgan fingerprint density at radius 2 is 2.05 bits per heavy atom. The zero-order valence-electron chi connectivity index (χ0n) is 22.4. The van der Waals surface area contributed by atoms with Gasteiger partial charge in [-0.1, -0.05) is 25.1 Å². The molecule has 0 saturated heterocycles. The smallest absolute Gasteiger partial charge is 0.410 e. The lowest BCUT2D eigenvalue weighted by molar-refractivity contribution is 0.0608. The second-order valence-electron chi connectivity index (χ2n) is 10.2. The second-order valence-corrected chi connectivity index (χ2v) is 10.2.